The lowest BCUT2D eigenvalue weighted by atomic mass is 10.1. The minimum absolute atomic E-state index is 0.230. The summed E-state index contributed by atoms with van der Waals surface area (Å²) in [7, 11) is 3.16. The average molecular weight is 321 g/mol. The topological polar surface area (TPSA) is 98.9 Å². The van der Waals surface area contributed by atoms with Gasteiger partial charge in [-0.05, 0) is 12.1 Å². The van der Waals surface area contributed by atoms with Crippen molar-refractivity contribution >= 4 is 0 Å². The largest absolute Gasteiger partial charge is 0.497 e. The summed E-state index contributed by atoms with van der Waals surface area (Å²) >= 11 is 0. The molecule has 1 aliphatic rings. The second-order valence-corrected chi connectivity index (χ2v) is 5.30. The van der Waals surface area contributed by atoms with Crippen molar-refractivity contribution in [1.29, 1.82) is 0 Å². The van der Waals surface area contributed by atoms with Crippen LogP contribution in [-0.2, 0) is 4.74 Å². The van der Waals surface area contributed by atoms with E-state index in [2.05, 4.69) is 10.3 Å². The second-order valence-electron chi connectivity index (χ2n) is 5.30. The maximum Gasteiger partial charge on any atom is 0.155 e. The van der Waals surface area contributed by atoms with E-state index in [1.54, 1.807) is 31.2 Å². The maximum atomic E-state index is 9.80. The molecule has 1 aromatic heterocycles. The third-order valence-electron chi connectivity index (χ3n) is 3.84. The standard InChI is InChI=1S/C15H19N3O5/c1-21-10-3-9(4-11(5-10)22-2)12-7-18(17-16-12)15-6-13(20)14(8-19)23-15/h3-5,7,13-15,19-20H,6,8H2,1-2H3/t13-,14+,15+/m0/s1. The van der Waals surface area contributed by atoms with Crippen LogP contribution >= 0.6 is 0 Å². The van der Waals surface area contributed by atoms with Crippen LogP contribution in [0, 0.1) is 0 Å². The van der Waals surface area contributed by atoms with E-state index in [9.17, 15) is 5.11 Å². The fraction of sp³-hybridized carbons (Fsp3) is 0.467. The van der Waals surface area contributed by atoms with Gasteiger partial charge in [-0.2, -0.15) is 0 Å². The van der Waals surface area contributed by atoms with Crippen molar-refractivity contribution in [1.82, 2.24) is 15.0 Å². The van der Waals surface area contributed by atoms with Gasteiger partial charge >= 0.3 is 0 Å². The van der Waals surface area contributed by atoms with Gasteiger partial charge in [-0.15, -0.1) is 5.10 Å². The van der Waals surface area contributed by atoms with E-state index in [0.29, 0.717) is 23.6 Å². The van der Waals surface area contributed by atoms with Crippen molar-refractivity contribution in [3.05, 3.63) is 24.4 Å². The predicted octanol–water partition coefficient (Wildman–Crippen LogP) is 0.603. The van der Waals surface area contributed by atoms with Crippen LogP contribution < -0.4 is 9.47 Å². The lowest BCUT2D eigenvalue weighted by Gasteiger charge is -2.11. The third kappa shape index (κ3) is 3.14. The van der Waals surface area contributed by atoms with Crippen molar-refractivity contribution in [3.8, 4) is 22.8 Å². The Morgan fingerprint density at radius 3 is 2.52 bits per heavy atom. The van der Waals surface area contributed by atoms with E-state index in [4.69, 9.17) is 19.3 Å². The monoisotopic (exact) mass is 321 g/mol. The molecule has 0 radical (unpaired) electrons. The molecule has 0 spiro atoms. The molecule has 3 atom stereocenters. The summed E-state index contributed by atoms with van der Waals surface area (Å²) in [5.41, 5.74) is 1.43. The molecule has 2 N–H and O–H groups in total. The summed E-state index contributed by atoms with van der Waals surface area (Å²) in [6.07, 6.45) is 0.330. The quantitative estimate of drug-likeness (QED) is 0.832. The van der Waals surface area contributed by atoms with E-state index in [1.165, 1.54) is 0 Å². The van der Waals surface area contributed by atoms with Crippen LogP contribution in [0.2, 0.25) is 0 Å². The zero-order valence-electron chi connectivity index (χ0n) is 12.9. The van der Waals surface area contributed by atoms with Gasteiger partial charge in [0, 0.05) is 18.1 Å². The number of aliphatic hydroxyl groups is 2. The number of hydrogen-bond donors (Lipinski definition) is 2. The van der Waals surface area contributed by atoms with Crippen molar-refractivity contribution in [3.63, 3.8) is 0 Å². The van der Waals surface area contributed by atoms with Gasteiger partial charge in [0.1, 0.15) is 23.3 Å². The van der Waals surface area contributed by atoms with Gasteiger partial charge in [0.05, 0.1) is 33.1 Å². The zero-order valence-corrected chi connectivity index (χ0v) is 12.9. The number of rotatable bonds is 5. The first-order chi connectivity index (χ1) is 11.1. The van der Waals surface area contributed by atoms with Crippen LogP contribution in [0.5, 0.6) is 11.5 Å². The highest BCUT2D eigenvalue weighted by Gasteiger charge is 2.35. The fourth-order valence-corrected chi connectivity index (χ4v) is 2.55. The van der Waals surface area contributed by atoms with Crippen LogP contribution in [0.3, 0.4) is 0 Å². The second kappa shape index (κ2) is 6.53. The summed E-state index contributed by atoms with van der Waals surface area (Å²) < 4.78 is 17.6. The molecule has 0 unspecified atom stereocenters. The van der Waals surface area contributed by atoms with Gasteiger partial charge in [-0.3, -0.25) is 0 Å². The number of benzene rings is 1. The van der Waals surface area contributed by atoms with Crippen molar-refractivity contribution < 1.29 is 24.4 Å². The molecular weight excluding hydrogens is 302 g/mol. The molecule has 2 heterocycles. The van der Waals surface area contributed by atoms with Crippen LogP contribution in [0.25, 0.3) is 11.3 Å². The highest BCUT2D eigenvalue weighted by atomic mass is 16.5. The lowest BCUT2D eigenvalue weighted by Crippen LogP contribution is -2.24. The Morgan fingerprint density at radius 2 is 1.96 bits per heavy atom. The van der Waals surface area contributed by atoms with Gasteiger partial charge in [-0.25, -0.2) is 4.68 Å². The Bertz CT molecular complexity index is 653. The van der Waals surface area contributed by atoms with Crippen LogP contribution in [0.1, 0.15) is 12.6 Å². The van der Waals surface area contributed by atoms with Crippen LogP contribution in [-0.4, -0.2) is 58.2 Å². The number of aromatic nitrogens is 3. The number of aliphatic hydroxyl groups excluding tert-OH is 2. The molecule has 124 valence electrons. The Kier molecular flexibility index (Phi) is 4.46. The minimum atomic E-state index is -0.713. The molecule has 8 heteroatoms. The van der Waals surface area contributed by atoms with E-state index < -0.39 is 18.4 Å². The zero-order chi connectivity index (χ0) is 16.4. The first-order valence-corrected chi connectivity index (χ1v) is 7.24. The fourth-order valence-electron chi connectivity index (χ4n) is 2.55. The first kappa shape index (κ1) is 15.7. The average Bonchev–Trinajstić information content (AvgIpc) is 3.20. The molecule has 2 aromatic rings. The normalized spacial score (nSPS) is 23.9. The Hall–Kier alpha value is -2.16. The van der Waals surface area contributed by atoms with Crippen LogP contribution in [0.4, 0.5) is 0 Å². The van der Waals surface area contributed by atoms with E-state index >= 15 is 0 Å². The van der Waals surface area contributed by atoms with Gasteiger partial charge in [0.25, 0.3) is 0 Å². The molecule has 1 fully saturated rings. The molecule has 3 rings (SSSR count). The Balaban J connectivity index is 1.85. The number of methoxy groups -OCH3 is 2. The minimum Gasteiger partial charge on any atom is -0.497 e. The summed E-state index contributed by atoms with van der Waals surface area (Å²) in [6, 6.07) is 5.44. The molecular formula is C15H19N3O5. The lowest BCUT2D eigenvalue weighted by molar-refractivity contribution is -0.0489. The summed E-state index contributed by atoms with van der Waals surface area (Å²) in [5, 5.41) is 27.1. The molecule has 0 aliphatic carbocycles. The molecule has 0 saturated carbocycles. The molecule has 1 aromatic carbocycles. The number of ether oxygens (including phenoxy) is 3. The third-order valence-corrected chi connectivity index (χ3v) is 3.84. The van der Waals surface area contributed by atoms with E-state index in [1.807, 2.05) is 12.1 Å². The van der Waals surface area contributed by atoms with Gasteiger partial charge in [-0.1, -0.05) is 5.21 Å². The maximum absolute atomic E-state index is 9.80. The first-order valence-electron chi connectivity index (χ1n) is 7.24. The SMILES string of the molecule is COc1cc(OC)cc(-c2cn([C@H]3C[C@H](O)[C@@H](CO)O3)nn2)c1. The smallest absolute Gasteiger partial charge is 0.155 e. The molecule has 0 amide bonds. The Labute approximate surface area is 133 Å². The number of hydrogen-bond acceptors (Lipinski definition) is 7. The summed E-state index contributed by atoms with van der Waals surface area (Å²) in [6.45, 7) is -0.230. The Morgan fingerprint density at radius 1 is 1.26 bits per heavy atom. The number of nitrogens with zero attached hydrogens (tertiary/aromatic N) is 3. The van der Waals surface area contributed by atoms with Gasteiger partial charge in [0.2, 0.25) is 0 Å². The van der Waals surface area contributed by atoms with Gasteiger partial charge < -0.3 is 24.4 Å². The summed E-state index contributed by atoms with van der Waals surface area (Å²) in [4.78, 5) is 0. The van der Waals surface area contributed by atoms with E-state index in [-0.39, 0.29) is 6.61 Å². The highest BCUT2D eigenvalue weighted by molar-refractivity contribution is 5.63. The highest BCUT2D eigenvalue weighted by Crippen LogP contribution is 2.31. The predicted molar refractivity (Wildman–Crippen MR) is 80.2 cm³/mol. The molecule has 1 aliphatic heterocycles. The summed E-state index contributed by atoms with van der Waals surface area (Å²) in [5.74, 6) is 1.31. The van der Waals surface area contributed by atoms with E-state index in [0.717, 1.165) is 5.56 Å². The van der Waals surface area contributed by atoms with Crippen molar-refractivity contribution in [2.75, 3.05) is 20.8 Å². The van der Waals surface area contributed by atoms with Crippen molar-refractivity contribution in [2.24, 2.45) is 0 Å². The van der Waals surface area contributed by atoms with Gasteiger partial charge in [0.15, 0.2) is 6.23 Å². The molecule has 8 nitrogen and oxygen atoms in total. The molecule has 0 bridgehead atoms. The van der Waals surface area contributed by atoms with Crippen LogP contribution in [0.15, 0.2) is 24.4 Å². The van der Waals surface area contributed by atoms with Crippen molar-refractivity contribution in [2.45, 2.75) is 24.9 Å². The molecule has 1 saturated heterocycles. The molecule has 23 heavy (non-hydrogen) atoms.